The smallest absolute Gasteiger partial charge is 0.0931 e. The van der Waals surface area contributed by atoms with E-state index in [4.69, 9.17) is 11.6 Å². The molecule has 1 N–H and O–H groups in total. The fraction of sp³-hybridized carbons (Fsp3) is 0.600. The molecular formula is C10H15ClOS. The second-order valence-corrected chi connectivity index (χ2v) is 5.16. The van der Waals surface area contributed by atoms with Gasteiger partial charge in [-0.05, 0) is 18.1 Å². The quantitative estimate of drug-likeness (QED) is 0.822. The molecule has 13 heavy (non-hydrogen) atoms. The topological polar surface area (TPSA) is 20.2 Å². The number of thiophene rings is 1. The molecule has 3 heteroatoms. The third-order valence-corrected chi connectivity index (χ3v) is 3.59. The van der Waals surface area contributed by atoms with Crippen molar-refractivity contribution in [2.45, 2.75) is 32.8 Å². The largest absolute Gasteiger partial charge is 0.392 e. The zero-order valence-corrected chi connectivity index (χ0v) is 9.53. The van der Waals surface area contributed by atoms with Crippen molar-refractivity contribution >= 4 is 22.9 Å². The van der Waals surface area contributed by atoms with Crippen LogP contribution in [0.3, 0.4) is 0 Å². The van der Waals surface area contributed by atoms with Gasteiger partial charge in [-0.1, -0.05) is 31.9 Å². The van der Waals surface area contributed by atoms with E-state index >= 15 is 0 Å². The number of hydrogen-bond acceptors (Lipinski definition) is 2. The van der Waals surface area contributed by atoms with Gasteiger partial charge in [0.25, 0.3) is 0 Å². The van der Waals surface area contributed by atoms with E-state index in [-0.39, 0.29) is 6.10 Å². The van der Waals surface area contributed by atoms with Gasteiger partial charge < -0.3 is 5.11 Å². The highest BCUT2D eigenvalue weighted by molar-refractivity contribution is 7.16. The van der Waals surface area contributed by atoms with Gasteiger partial charge in [0.05, 0.1) is 10.4 Å². The van der Waals surface area contributed by atoms with E-state index in [9.17, 15) is 5.11 Å². The molecule has 0 saturated carbocycles. The molecule has 1 aromatic heterocycles. The molecule has 74 valence electrons. The summed E-state index contributed by atoms with van der Waals surface area (Å²) in [5.41, 5.74) is 0. The monoisotopic (exact) mass is 218 g/mol. The summed E-state index contributed by atoms with van der Waals surface area (Å²) in [7, 11) is 0. The van der Waals surface area contributed by atoms with E-state index in [0.29, 0.717) is 5.92 Å². The van der Waals surface area contributed by atoms with Crippen LogP contribution < -0.4 is 0 Å². The molecule has 2 atom stereocenters. The van der Waals surface area contributed by atoms with Crippen molar-refractivity contribution in [3.63, 3.8) is 0 Å². The van der Waals surface area contributed by atoms with Crippen molar-refractivity contribution in [3.8, 4) is 0 Å². The first kappa shape index (κ1) is 11.0. The summed E-state index contributed by atoms with van der Waals surface area (Å²) in [6.07, 6.45) is 1.51. The van der Waals surface area contributed by atoms with Gasteiger partial charge in [0, 0.05) is 11.3 Å². The summed E-state index contributed by atoms with van der Waals surface area (Å²) in [6.45, 7) is 4.16. The Kier molecular flexibility index (Phi) is 4.23. The highest BCUT2D eigenvalue weighted by Gasteiger charge is 2.13. The molecule has 1 aromatic rings. The van der Waals surface area contributed by atoms with Crippen molar-refractivity contribution in [2.75, 3.05) is 0 Å². The molecule has 1 nitrogen and oxygen atoms in total. The Morgan fingerprint density at radius 1 is 1.54 bits per heavy atom. The van der Waals surface area contributed by atoms with Crippen molar-refractivity contribution in [3.05, 3.63) is 21.3 Å². The first-order valence-electron chi connectivity index (χ1n) is 4.55. The standard InChI is InChI=1S/C10H15ClOS/c1-3-7(2)9(12)6-8-4-5-10(11)13-8/h4-5,7,9,12H,3,6H2,1-2H3. The van der Waals surface area contributed by atoms with Gasteiger partial charge in [0.15, 0.2) is 0 Å². The summed E-state index contributed by atoms with van der Waals surface area (Å²) >= 11 is 7.34. The molecule has 0 fully saturated rings. The van der Waals surface area contributed by atoms with Crippen molar-refractivity contribution < 1.29 is 5.11 Å². The SMILES string of the molecule is CCC(C)C(O)Cc1ccc(Cl)s1. The fourth-order valence-corrected chi connectivity index (χ4v) is 2.28. The average Bonchev–Trinajstić information content (AvgIpc) is 2.49. The van der Waals surface area contributed by atoms with Crippen LogP contribution in [0, 0.1) is 5.92 Å². The lowest BCUT2D eigenvalue weighted by Gasteiger charge is -2.15. The second-order valence-electron chi connectivity index (χ2n) is 3.36. The van der Waals surface area contributed by atoms with Crippen LogP contribution in [0.15, 0.2) is 12.1 Å². The van der Waals surface area contributed by atoms with E-state index in [1.807, 2.05) is 12.1 Å². The molecule has 0 radical (unpaired) electrons. The first-order chi connectivity index (χ1) is 6.13. The number of aliphatic hydroxyl groups is 1. The van der Waals surface area contributed by atoms with Gasteiger partial charge in [-0.3, -0.25) is 0 Å². The normalized spacial score (nSPS) is 15.7. The second kappa shape index (κ2) is 4.99. The number of rotatable bonds is 4. The predicted molar refractivity (Wildman–Crippen MR) is 58.5 cm³/mol. The van der Waals surface area contributed by atoms with Gasteiger partial charge >= 0.3 is 0 Å². The summed E-state index contributed by atoms with van der Waals surface area (Å²) in [6, 6.07) is 3.86. The molecule has 0 spiro atoms. The van der Waals surface area contributed by atoms with Crippen molar-refractivity contribution in [2.24, 2.45) is 5.92 Å². The first-order valence-corrected chi connectivity index (χ1v) is 5.75. The zero-order chi connectivity index (χ0) is 9.84. The van der Waals surface area contributed by atoms with Crippen LogP contribution in [-0.4, -0.2) is 11.2 Å². The van der Waals surface area contributed by atoms with Gasteiger partial charge in [-0.15, -0.1) is 11.3 Å². The van der Waals surface area contributed by atoms with Crippen molar-refractivity contribution in [1.82, 2.24) is 0 Å². The van der Waals surface area contributed by atoms with E-state index in [1.165, 1.54) is 0 Å². The molecular weight excluding hydrogens is 204 g/mol. The maximum absolute atomic E-state index is 9.74. The molecule has 1 heterocycles. The minimum absolute atomic E-state index is 0.236. The molecule has 0 saturated heterocycles. The molecule has 0 aliphatic heterocycles. The van der Waals surface area contributed by atoms with Crippen LogP contribution in [0.2, 0.25) is 4.34 Å². The Hall–Kier alpha value is -0.0500. The third kappa shape index (κ3) is 3.29. The maximum atomic E-state index is 9.74. The molecule has 0 bridgehead atoms. The number of hydrogen-bond donors (Lipinski definition) is 1. The van der Waals surface area contributed by atoms with Gasteiger partial charge in [-0.25, -0.2) is 0 Å². The average molecular weight is 219 g/mol. The molecule has 0 amide bonds. The Morgan fingerprint density at radius 3 is 2.69 bits per heavy atom. The summed E-state index contributed by atoms with van der Waals surface area (Å²) in [5.74, 6) is 0.362. The molecule has 2 unspecified atom stereocenters. The lowest BCUT2D eigenvalue weighted by molar-refractivity contribution is 0.115. The van der Waals surface area contributed by atoms with Crippen molar-refractivity contribution in [1.29, 1.82) is 0 Å². The lowest BCUT2D eigenvalue weighted by atomic mass is 9.99. The predicted octanol–water partition coefficient (Wildman–Crippen LogP) is 3.35. The van der Waals surface area contributed by atoms with Crippen LogP contribution in [0.25, 0.3) is 0 Å². The molecule has 0 aliphatic rings. The molecule has 0 aliphatic carbocycles. The Morgan fingerprint density at radius 2 is 2.23 bits per heavy atom. The van der Waals surface area contributed by atoms with E-state index < -0.39 is 0 Å². The summed E-state index contributed by atoms with van der Waals surface area (Å²) in [4.78, 5) is 1.16. The van der Waals surface area contributed by atoms with Gasteiger partial charge in [-0.2, -0.15) is 0 Å². The lowest BCUT2D eigenvalue weighted by Crippen LogP contribution is -2.18. The molecule has 1 rings (SSSR count). The Balaban J connectivity index is 2.49. The van der Waals surface area contributed by atoms with E-state index in [2.05, 4.69) is 13.8 Å². The Labute approximate surface area is 88.4 Å². The highest BCUT2D eigenvalue weighted by atomic mass is 35.5. The number of halogens is 1. The molecule has 0 aromatic carbocycles. The zero-order valence-electron chi connectivity index (χ0n) is 7.96. The number of aliphatic hydroxyl groups excluding tert-OH is 1. The van der Waals surface area contributed by atoms with Crippen LogP contribution >= 0.6 is 22.9 Å². The van der Waals surface area contributed by atoms with Crippen LogP contribution in [0.1, 0.15) is 25.1 Å². The van der Waals surface area contributed by atoms with Crippen LogP contribution in [0.4, 0.5) is 0 Å². The highest BCUT2D eigenvalue weighted by Crippen LogP contribution is 2.24. The fourth-order valence-electron chi connectivity index (χ4n) is 1.14. The summed E-state index contributed by atoms with van der Waals surface area (Å²) in [5, 5.41) is 9.74. The van der Waals surface area contributed by atoms with Crippen LogP contribution in [-0.2, 0) is 6.42 Å². The van der Waals surface area contributed by atoms with E-state index in [0.717, 1.165) is 22.1 Å². The third-order valence-electron chi connectivity index (χ3n) is 2.34. The van der Waals surface area contributed by atoms with Gasteiger partial charge in [0.1, 0.15) is 0 Å². The minimum Gasteiger partial charge on any atom is -0.392 e. The van der Waals surface area contributed by atoms with E-state index in [1.54, 1.807) is 11.3 Å². The maximum Gasteiger partial charge on any atom is 0.0931 e. The minimum atomic E-state index is -0.236. The van der Waals surface area contributed by atoms with Gasteiger partial charge in [0.2, 0.25) is 0 Å². The Bertz CT molecular complexity index is 259. The summed E-state index contributed by atoms with van der Waals surface area (Å²) < 4.78 is 0.798. The van der Waals surface area contributed by atoms with Crippen LogP contribution in [0.5, 0.6) is 0 Å².